The Bertz CT molecular complexity index is 945. The number of anilines is 1. The number of aromatic nitrogens is 3. The largest absolute Gasteiger partial charge is 0.442 e. The highest BCUT2D eigenvalue weighted by Crippen LogP contribution is 2.24. The van der Waals surface area contributed by atoms with Crippen molar-refractivity contribution in [2.45, 2.75) is 6.92 Å². The van der Waals surface area contributed by atoms with Crippen LogP contribution in [0.4, 0.5) is 5.69 Å². The molecule has 0 atom stereocenters. The van der Waals surface area contributed by atoms with Crippen LogP contribution >= 0.6 is 11.6 Å². The van der Waals surface area contributed by atoms with E-state index in [1.54, 1.807) is 26.1 Å². The predicted octanol–water partition coefficient (Wildman–Crippen LogP) is 2.14. The van der Waals surface area contributed by atoms with Gasteiger partial charge >= 0.3 is 0 Å². The SMILES string of the molecule is Cc1oc2ncn(C)c(=O)c2c1C(=O)Nc1cccnc1Cl. The number of nitrogens with one attached hydrogen (secondary N) is 1. The molecule has 3 aromatic rings. The second kappa shape index (κ2) is 5.27. The molecule has 0 aliphatic rings. The molecule has 1 N–H and O–H groups in total. The van der Waals surface area contributed by atoms with Gasteiger partial charge in [0.25, 0.3) is 11.5 Å². The van der Waals surface area contributed by atoms with Crippen LogP contribution in [0.3, 0.4) is 0 Å². The number of rotatable bonds is 2. The monoisotopic (exact) mass is 318 g/mol. The Hall–Kier alpha value is -2.67. The van der Waals surface area contributed by atoms with E-state index in [1.165, 1.54) is 17.1 Å². The van der Waals surface area contributed by atoms with Crippen molar-refractivity contribution in [1.82, 2.24) is 14.5 Å². The Balaban J connectivity index is 2.12. The molecule has 112 valence electrons. The highest BCUT2D eigenvalue weighted by molar-refractivity contribution is 6.32. The number of nitrogens with zero attached hydrogens (tertiary/aromatic N) is 3. The Morgan fingerprint density at radius 2 is 2.18 bits per heavy atom. The van der Waals surface area contributed by atoms with Crippen LogP contribution in [0.5, 0.6) is 0 Å². The lowest BCUT2D eigenvalue weighted by Crippen LogP contribution is -2.20. The molecule has 0 aliphatic heterocycles. The van der Waals surface area contributed by atoms with Gasteiger partial charge in [-0.1, -0.05) is 11.6 Å². The molecule has 0 bridgehead atoms. The zero-order valence-corrected chi connectivity index (χ0v) is 12.5. The summed E-state index contributed by atoms with van der Waals surface area (Å²) in [5.74, 6) is -0.195. The number of carbonyl (C=O) groups is 1. The summed E-state index contributed by atoms with van der Waals surface area (Å²) >= 11 is 5.92. The molecule has 3 rings (SSSR count). The van der Waals surface area contributed by atoms with E-state index in [4.69, 9.17) is 16.0 Å². The van der Waals surface area contributed by atoms with Gasteiger partial charge in [0, 0.05) is 13.2 Å². The normalized spacial score (nSPS) is 10.9. The van der Waals surface area contributed by atoms with Gasteiger partial charge in [0.2, 0.25) is 5.71 Å². The third-order valence-electron chi connectivity index (χ3n) is 3.18. The van der Waals surface area contributed by atoms with Gasteiger partial charge in [0.05, 0.1) is 11.3 Å². The van der Waals surface area contributed by atoms with Crippen molar-refractivity contribution in [2.75, 3.05) is 5.32 Å². The smallest absolute Gasteiger partial charge is 0.265 e. The molecule has 0 spiro atoms. The minimum Gasteiger partial charge on any atom is -0.442 e. The number of pyridine rings is 1. The summed E-state index contributed by atoms with van der Waals surface area (Å²) in [7, 11) is 1.55. The number of halogens is 1. The van der Waals surface area contributed by atoms with Gasteiger partial charge in [-0.2, -0.15) is 0 Å². The van der Waals surface area contributed by atoms with Crippen LogP contribution in [0.15, 0.2) is 33.9 Å². The fraction of sp³-hybridized carbons (Fsp3) is 0.143. The summed E-state index contributed by atoms with van der Waals surface area (Å²) in [5.41, 5.74) is 0.263. The van der Waals surface area contributed by atoms with E-state index >= 15 is 0 Å². The van der Waals surface area contributed by atoms with Crippen molar-refractivity contribution in [3.63, 3.8) is 0 Å². The van der Waals surface area contributed by atoms with Crippen molar-refractivity contribution < 1.29 is 9.21 Å². The number of carbonyl (C=O) groups excluding carboxylic acids is 1. The average molecular weight is 319 g/mol. The quantitative estimate of drug-likeness (QED) is 0.731. The molecule has 0 unspecified atom stereocenters. The highest BCUT2D eigenvalue weighted by atomic mass is 35.5. The maximum absolute atomic E-state index is 12.5. The lowest BCUT2D eigenvalue weighted by molar-refractivity contribution is 0.102. The summed E-state index contributed by atoms with van der Waals surface area (Å²) in [6, 6.07) is 3.25. The summed E-state index contributed by atoms with van der Waals surface area (Å²) in [6.07, 6.45) is 2.85. The van der Waals surface area contributed by atoms with Crippen molar-refractivity contribution in [3.05, 3.63) is 51.5 Å². The molecule has 22 heavy (non-hydrogen) atoms. The van der Waals surface area contributed by atoms with E-state index < -0.39 is 5.91 Å². The molecule has 8 heteroatoms. The van der Waals surface area contributed by atoms with Crippen LogP contribution in [0.2, 0.25) is 5.15 Å². The van der Waals surface area contributed by atoms with Gasteiger partial charge in [0.15, 0.2) is 5.15 Å². The van der Waals surface area contributed by atoms with E-state index in [0.29, 0.717) is 11.4 Å². The molecule has 0 aliphatic carbocycles. The number of aryl methyl sites for hydroxylation is 2. The van der Waals surface area contributed by atoms with Crippen molar-refractivity contribution in [1.29, 1.82) is 0 Å². The Kier molecular flexibility index (Phi) is 3.42. The van der Waals surface area contributed by atoms with Gasteiger partial charge in [-0.15, -0.1) is 0 Å². The lowest BCUT2D eigenvalue weighted by Gasteiger charge is -2.05. The molecule has 7 nitrogen and oxygen atoms in total. The standard InChI is InChI=1S/C14H11ClN4O3/c1-7-9(10-13(22-7)17-6-19(2)14(10)21)12(20)18-8-4-3-5-16-11(8)15/h3-6H,1-2H3,(H,18,20). The molecular weight excluding hydrogens is 308 g/mol. The Labute approximate surface area is 129 Å². The van der Waals surface area contributed by atoms with Crippen molar-refractivity contribution in [2.24, 2.45) is 7.05 Å². The van der Waals surface area contributed by atoms with Gasteiger partial charge in [-0.25, -0.2) is 9.97 Å². The van der Waals surface area contributed by atoms with E-state index in [0.717, 1.165) is 0 Å². The summed E-state index contributed by atoms with van der Waals surface area (Å²) in [4.78, 5) is 32.6. The summed E-state index contributed by atoms with van der Waals surface area (Å²) < 4.78 is 6.67. The molecule has 0 fully saturated rings. The molecule has 0 radical (unpaired) electrons. The summed E-state index contributed by atoms with van der Waals surface area (Å²) in [5, 5.41) is 2.92. The lowest BCUT2D eigenvalue weighted by atomic mass is 10.1. The molecule has 3 aromatic heterocycles. The summed E-state index contributed by atoms with van der Waals surface area (Å²) in [6.45, 7) is 1.60. The molecule has 3 heterocycles. The number of hydrogen-bond donors (Lipinski definition) is 1. The fourth-order valence-electron chi connectivity index (χ4n) is 2.12. The molecule has 0 saturated carbocycles. The van der Waals surface area contributed by atoms with Gasteiger partial charge in [0.1, 0.15) is 17.5 Å². The van der Waals surface area contributed by atoms with E-state index in [1.807, 2.05) is 0 Å². The van der Waals surface area contributed by atoms with Gasteiger partial charge in [-0.3, -0.25) is 9.59 Å². The molecule has 0 saturated heterocycles. The minimum atomic E-state index is -0.503. The van der Waals surface area contributed by atoms with Crippen molar-refractivity contribution >= 4 is 34.3 Å². The molecule has 1 amide bonds. The topological polar surface area (TPSA) is 90.0 Å². The number of amides is 1. The van der Waals surface area contributed by atoms with E-state index in [9.17, 15) is 9.59 Å². The van der Waals surface area contributed by atoms with Crippen LogP contribution in [-0.4, -0.2) is 20.4 Å². The zero-order chi connectivity index (χ0) is 15.9. The second-order valence-electron chi connectivity index (χ2n) is 4.67. The van der Waals surface area contributed by atoms with Crippen LogP contribution in [-0.2, 0) is 7.05 Å². The maximum Gasteiger partial charge on any atom is 0.265 e. The van der Waals surface area contributed by atoms with Crippen molar-refractivity contribution in [3.8, 4) is 0 Å². The number of furan rings is 1. The van der Waals surface area contributed by atoms with Crippen LogP contribution in [0.1, 0.15) is 16.1 Å². The molecular formula is C14H11ClN4O3. The first-order valence-corrected chi connectivity index (χ1v) is 6.73. The third-order valence-corrected chi connectivity index (χ3v) is 3.48. The first-order valence-electron chi connectivity index (χ1n) is 6.35. The fourth-order valence-corrected chi connectivity index (χ4v) is 2.29. The number of hydrogen-bond acceptors (Lipinski definition) is 5. The van der Waals surface area contributed by atoms with Crippen LogP contribution in [0.25, 0.3) is 11.1 Å². The first-order chi connectivity index (χ1) is 10.5. The molecule has 0 aromatic carbocycles. The Morgan fingerprint density at radius 3 is 2.91 bits per heavy atom. The second-order valence-corrected chi connectivity index (χ2v) is 5.03. The van der Waals surface area contributed by atoms with E-state index in [-0.39, 0.29) is 27.4 Å². The number of fused-ring (bicyclic) bond motifs is 1. The predicted molar refractivity (Wildman–Crippen MR) is 81.2 cm³/mol. The zero-order valence-electron chi connectivity index (χ0n) is 11.8. The van der Waals surface area contributed by atoms with Crippen LogP contribution in [0, 0.1) is 6.92 Å². The van der Waals surface area contributed by atoms with Gasteiger partial charge in [-0.05, 0) is 19.1 Å². The van der Waals surface area contributed by atoms with E-state index in [2.05, 4.69) is 15.3 Å². The van der Waals surface area contributed by atoms with Gasteiger partial charge < -0.3 is 14.3 Å². The minimum absolute atomic E-state index is 0.128. The third kappa shape index (κ3) is 2.25. The first kappa shape index (κ1) is 14.3. The Morgan fingerprint density at radius 1 is 1.41 bits per heavy atom. The average Bonchev–Trinajstić information content (AvgIpc) is 2.82. The maximum atomic E-state index is 12.5. The van der Waals surface area contributed by atoms with Crippen LogP contribution < -0.4 is 10.9 Å². The highest BCUT2D eigenvalue weighted by Gasteiger charge is 2.23.